The van der Waals surface area contributed by atoms with E-state index < -0.39 is 15.9 Å². The van der Waals surface area contributed by atoms with E-state index in [0.29, 0.717) is 28.5 Å². The van der Waals surface area contributed by atoms with E-state index >= 15 is 0 Å². The van der Waals surface area contributed by atoms with Gasteiger partial charge in [-0.2, -0.15) is 8.42 Å². The second kappa shape index (κ2) is 8.75. The first-order chi connectivity index (χ1) is 13.4. The fraction of sp³-hybridized carbons (Fsp3) is 0.300. The Morgan fingerprint density at radius 1 is 1.11 bits per heavy atom. The third-order valence-electron chi connectivity index (χ3n) is 4.57. The van der Waals surface area contributed by atoms with Gasteiger partial charge in [-0.1, -0.05) is 36.2 Å². The summed E-state index contributed by atoms with van der Waals surface area (Å²) in [5.74, 6) is 0.165. The Labute approximate surface area is 170 Å². The van der Waals surface area contributed by atoms with Gasteiger partial charge in [0.1, 0.15) is 5.84 Å². The summed E-state index contributed by atoms with van der Waals surface area (Å²) in [6.45, 7) is 0.794. The van der Waals surface area contributed by atoms with Crippen molar-refractivity contribution in [3.63, 3.8) is 0 Å². The van der Waals surface area contributed by atoms with Crippen LogP contribution in [-0.2, 0) is 10.0 Å². The molecule has 1 aliphatic heterocycles. The molecule has 28 heavy (non-hydrogen) atoms. The first kappa shape index (κ1) is 20.4. The summed E-state index contributed by atoms with van der Waals surface area (Å²) in [4.78, 5) is 14.3. The van der Waals surface area contributed by atoms with Gasteiger partial charge in [0.25, 0.3) is 15.9 Å². The first-order valence-electron chi connectivity index (χ1n) is 9.08. The fourth-order valence-electron chi connectivity index (χ4n) is 3.01. The molecule has 1 fully saturated rings. The van der Waals surface area contributed by atoms with Crippen LogP contribution in [0.4, 0.5) is 5.69 Å². The van der Waals surface area contributed by atoms with Crippen LogP contribution in [0, 0.1) is 0 Å². The Hall–Kier alpha value is -2.38. The van der Waals surface area contributed by atoms with Crippen LogP contribution in [0.3, 0.4) is 0 Å². The summed E-state index contributed by atoms with van der Waals surface area (Å²) in [7, 11) is -2.01. The monoisotopic (exact) mass is 419 g/mol. The van der Waals surface area contributed by atoms with Crippen LogP contribution in [0.15, 0.2) is 57.8 Å². The van der Waals surface area contributed by atoms with Gasteiger partial charge in [0.05, 0.1) is 15.5 Å². The highest BCUT2D eigenvalue weighted by Crippen LogP contribution is 2.22. The fourth-order valence-corrected chi connectivity index (χ4v) is 4.38. The highest BCUT2D eigenvalue weighted by atomic mass is 35.5. The van der Waals surface area contributed by atoms with Gasteiger partial charge >= 0.3 is 0 Å². The summed E-state index contributed by atoms with van der Waals surface area (Å²) in [6, 6.07) is 12.7. The van der Waals surface area contributed by atoms with Crippen LogP contribution in [0.1, 0.15) is 36.0 Å². The molecule has 3 rings (SSSR count). The molecule has 0 radical (unpaired) electrons. The van der Waals surface area contributed by atoms with Crippen LogP contribution < -0.4 is 5.32 Å². The number of benzene rings is 2. The van der Waals surface area contributed by atoms with Gasteiger partial charge in [-0.3, -0.25) is 4.79 Å². The predicted molar refractivity (Wildman–Crippen MR) is 112 cm³/mol. The molecule has 148 valence electrons. The summed E-state index contributed by atoms with van der Waals surface area (Å²) in [6.07, 6.45) is 3.65. The highest BCUT2D eigenvalue weighted by molar-refractivity contribution is 7.90. The number of amides is 1. The van der Waals surface area contributed by atoms with Gasteiger partial charge in [0.15, 0.2) is 0 Å². The molecule has 1 N–H and O–H groups in total. The minimum absolute atomic E-state index is 0.0367. The zero-order valence-electron chi connectivity index (χ0n) is 15.6. The summed E-state index contributed by atoms with van der Waals surface area (Å²) >= 11 is 6.05. The zero-order valence-corrected chi connectivity index (χ0v) is 17.1. The molecule has 1 heterocycles. The Bertz CT molecular complexity index is 1010. The zero-order chi connectivity index (χ0) is 20.1. The maximum absolute atomic E-state index is 12.8. The molecular weight excluding hydrogens is 398 g/mol. The Morgan fingerprint density at radius 2 is 1.89 bits per heavy atom. The molecular formula is C20H22ClN3O3S. The molecule has 1 aliphatic rings. The van der Waals surface area contributed by atoms with E-state index in [1.807, 2.05) is 11.9 Å². The molecule has 2 aromatic carbocycles. The lowest BCUT2D eigenvalue weighted by Crippen LogP contribution is -2.26. The Kier molecular flexibility index (Phi) is 6.36. The third kappa shape index (κ3) is 4.91. The van der Waals surface area contributed by atoms with Crippen molar-refractivity contribution in [3.8, 4) is 0 Å². The lowest BCUT2D eigenvalue weighted by atomic mass is 10.2. The van der Waals surface area contributed by atoms with E-state index in [1.165, 1.54) is 12.1 Å². The predicted octanol–water partition coefficient (Wildman–Crippen LogP) is 4.19. The number of nitrogens with zero attached hydrogens (tertiary/aromatic N) is 2. The van der Waals surface area contributed by atoms with Gasteiger partial charge in [-0.15, -0.1) is 4.40 Å². The number of hydrogen-bond donors (Lipinski definition) is 1. The van der Waals surface area contributed by atoms with Crippen molar-refractivity contribution < 1.29 is 13.2 Å². The summed E-state index contributed by atoms with van der Waals surface area (Å²) in [5, 5.41) is 3.01. The summed E-state index contributed by atoms with van der Waals surface area (Å²) < 4.78 is 29.6. The number of likely N-dealkylation sites (tertiary alicyclic amines) is 1. The third-order valence-corrected chi connectivity index (χ3v) is 6.20. The number of halogens is 1. The van der Waals surface area contributed by atoms with Gasteiger partial charge in [0, 0.05) is 25.7 Å². The van der Waals surface area contributed by atoms with E-state index in [0.717, 1.165) is 25.8 Å². The molecule has 0 unspecified atom stereocenters. The van der Waals surface area contributed by atoms with Crippen LogP contribution in [0.25, 0.3) is 0 Å². The van der Waals surface area contributed by atoms with E-state index in [4.69, 9.17) is 11.6 Å². The van der Waals surface area contributed by atoms with Crippen LogP contribution in [0.2, 0.25) is 5.02 Å². The molecule has 0 bridgehead atoms. The van der Waals surface area contributed by atoms with Gasteiger partial charge in [0.2, 0.25) is 0 Å². The average molecular weight is 420 g/mol. The minimum Gasteiger partial charge on any atom is -0.362 e. The SMILES string of the molecule is CN1CCCCCC1=NS(=O)(=O)c1cccc(NC(=O)c2ccccc2Cl)c1. The summed E-state index contributed by atoms with van der Waals surface area (Å²) in [5.41, 5.74) is 0.679. The second-order valence-corrected chi connectivity index (χ2v) is 8.69. The highest BCUT2D eigenvalue weighted by Gasteiger charge is 2.19. The molecule has 0 atom stereocenters. The number of rotatable bonds is 4. The maximum atomic E-state index is 12.8. The van der Waals surface area contributed by atoms with E-state index in [-0.39, 0.29) is 4.90 Å². The van der Waals surface area contributed by atoms with E-state index in [9.17, 15) is 13.2 Å². The molecule has 0 saturated carbocycles. The molecule has 1 amide bonds. The van der Waals surface area contributed by atoms with Crippen molar-refractivity contribution in [2.24, 2.45) is 4.40 Å². The second-order valence-electron chi connectivity index (χ2n) is 6.68. The van der Waals surface area contributed by atoms with Crippen molar-refractivity contribution in [1.82, 2.24) is 4.90 Å². The number of anilines is 1. The Balaban J connectivity index is 1.84. The van der Waals surface area contributed by atoms with Crippen molar-refractivity contribution in [2.75, 3.05) is 18.9 Å². The van der Waals surface area contributed by atoms with Crippen molar-refractivity contribution in [3.05, 3.63) is 59.1 Å². The van der Waals surface area contributed by atoms with E-state index in [2.05, 4.69) is 9.71 Å². The Morgan fingerprint density at radius 3 is 2.68 bits per heavy atom. The lowest BCUT2D eigenvalue weighted by Gasteiger charge is -2.17. The maximum Gasteiger partial charge on any atom is 0.284 e. The molecule has 0 spiro atoms. The average Bonchev–Trinajstić information content (AvgIpc) is 2.86. The molecule has 1 saturated heterocycles. The van der Waals surface area contributed by atoms with E-state index in [1.54, 1.807) is 36.4 Å². The normalized spacial score (nSPS) is 16.6. The number of carbonyl (C=O) groups is 1. The van der Waals surface area contributed by atoms with Crippen LogP contribution >= 0.6 is 11.6 Å². The standard InChI is InChI=1S/C20H22ClN3O3S/c1-24-13-6-2-3-12-19(24)23-28(26,27)16-9-7-8-15(14-16)22-20(25)17-10-4-5-11-18(17)21/h4-5,7-11,14H,2-3,6,12-13H2,1H3,(H,22,25). The van der Waals surface area contributed by atoms with Crippen molar-refractivity contribution in [1.29, 1.82) is 0 Å². The molecule has 0 aliphatic carbocycles. The topological polar surface area (TPSA) is 78.8 Å². The molecule has 0 aromatic heterocycles. The number of nitrogens with one attached hydrogen (secondary N) is 1. The number of sulfonamides is 1. The molecule has 8 heteroatoms. The number of carbonyl (C=O) groups excluding carboxylic acids is 1. The number of amidine groups is 1. The van der Waals surface area contributed by atoms with Crippen LogP contribution in [-0.4, -0.2) is 38.7 Å². The van der Waals surface area contributed by atoms with Crippen molar-refractivity contribution in [2.45, 2.75) is 30.6 Å². The largest absolute Gasteiger partial charge is 0.362 e. The number of hydrogen-bond acceptors (Lipinski definition) is 3. The lowest BCUT2D eigenvalue weighted by molar-refractivity contribution is 0.102. The van der Waals surface area contributed by atoms with Gasteiger partial charge in [-0.05, 0) is 43.2 Å². The minimum atomic E-state index is -3.87. The quantitative estimate of drug-likeness (QED) is 0.806. The van der Waals surface area contributed by atoms with Crippen LogP contribution in [0.5, 0.6) is 0 Å². The molecule has 2 aromatic rings. The smallest absolute Gasteiger partial charge is 0.284 e. The van der Waals surface area contributed by atoms with Gasteiger partial charge in [-0.25, -0.2) is 0 Å². The van der Waals surface area contributed by atoms with Crippen molar-refractivity contribution >= 4 is 39.1 Å². The molecule has 6 nitrogen and oxygen atoms in total. The van der Waals surface area contributed by atoms with Gasteiger partial charge < -0.3 is 10.2 Å². The first-order valence-corrected chi connectivity index (χ1v) is 10.9.